The van der Waals surface area contributed by atoms with Crippen LogP contribution in [-0.4, -0.2) is 5.91 Å². The van der Waals surface area contributed by atoms with E-state index in [1.165, 1.54) is 0 Å². The average Bonchev–Trinajstić information content (AvgIpc) is 2.08. The third-order valence-corrected chi connectivity index (χ3v) is 2.00. The fraction of sp³-hybridized carbons (Fsp3) is 0.100. The maximum absolute atomic E-state index is 11.2. The number of rotatable bonds is 2. The largest absolute Gasteiger partial charge is 0.321 e. The fourth-order valence-corrected chi connectivity index (χ4v) is 1.00. The Balaban J connectivity index is 2.81. The van der Waals surface area contributed by atoms with Crippen molar-refractivity contribution >= 4 is 27.5 Å². The van der Waals surface area contributed by atoms with Crippen molar-refractivity contribution in [1.29, 1.82) is 0 Å². The van der Waals surface area contributed by atoms with Crippen LogP contribution >= 0.6 is 15.9 Å². The van der Waals surface area contributed by atoms with Gasteiger partial charge in [0, 0.05) is 5.69 Å². The van der Waals surface area contributed by atoms with E-state index in [1.807, 2.05) is 31.2 Å². The molecule has 2 nitrogen and oxygen atoms in total. The molecule has 0 spiro atoms. The van der Waals surface area contributed by atoms with Crippen LogP contribution < -0.4 is 5.32 Å². The summed E-state index contributed by atoms with van der Waals surface area (Å²) < 4.78 is 0.329. The molecule has 1 rings (SSSR count). The van der Waals surface area contributed by atoms with Gasteiger partial charge in [-0.1, -0.05) is 24.8 Å². The molecule has 1 aromatic rings. The molecule has 0 heterocycles. The molecule has 13 heavy (non-hydrogen) atoms. The van der Waals surface area contributed by atoms with Crippen molar-refractivity contribution in [2.45, 2.75) is 6.92 Å². The molecule has 0 radical (unpaired) electrons. The Morgan fingerprint density at radius 3 is 2.62 bits per heavy atom. The second-order valence-electron chi connectivity index (χ2n) is 2.67. The molecule has 68 valence electrons. The first kappa shape index (κ1) is 9.99. The number of halogens is 1. The molecule has 1 aromatic carbocycles. The van der Waals surface area contributed by atoms with E-state index in [0.29, 0.717) is 4.48 Å². The van der Waals surface area contributed by atoms with Gasteiger partial charge >= 0.3 is 0 Å². The summed E-state index contributed by atoms with van der Waals surface area (Å²) >= 11 is 3.02. The molecule has 0 unspecified atom stereocenters. The Bertz CT molecular complexity index is 347. The van der Waals surface area contributed by atoms with Crippen LogP contribution in [0.3, 0.4) is 0 Å². The summed E-state index contributed by atoms with van der Waals surface area (Å²) in [5.74, 6) is -0.214. The molecular weight excluding hydrogens is 230 g/mol. The first-order valence-electron chi connectivity index (χ1n) is 3.82. The second-order valence-corrected chi connectivity index (χ2v) is 3.63. The molecule has 0 aromatic heterocycles. The van der Waals surface area contributed by atoms with Crippen LogP contribution in [0.25, 0.3) is 0 Å². The molecule has 0 bridgehead atoms. The quantitative estimate of drug-likeness (QED) is 0.791. The van der Waals surface area contributed by atoms with Crippen molar-refractivity contribution in [3.8, 4) is 0 Å². The van der Waals surface area contributed by atoms with E-state index in [2.05, 4.69) is 27.8 Å². The van der Waals surface area contributed by atoms with E-state index in [-0.39, 0.29) is 5.91 Å². The van der Waals surface area contributed by atoms with Crippen LogP contribution in [0.15, 0.2) is 35.3 Å². The molecule has 0 saturated carbocycles. The number of nitrogens with one attached hydrogen (secondary N) is 1. The summed E-state index contributed by atoms with van der Waals surface area (Å²) in [5.41, 5.74) is 1.85. The van der Waals surface area contributed by atoms with Gasteiger partial charge in [0.25, 0.3) is 5.91 Å². The highest BCUT2D eigenvalue weighted by molar-refractivity contribution is 9.12. The number of para-hydroxylation sites is 1. The molecule has 1 N–H and O–H groups in total. The number of carbonyl (C=O) groups excluding carboxylic acids is 1. The average molecular weight is 240 g/mol. The molecule has 0 atom stereocenters. The Kier molecular flexibility index (Phi) is 3.25. The van der Waals surface area contributed by atoms with E-state index in [0.717, 1.165) is 11.3 Å². The van der Waals surface area contributed by atoms with E-state index in [9.17, 15) is 4.79 Å². The van der Waals surface area contributed by atoms with Gasteiger partial charge in [0.2, 0.25) is 0 Å². The lowest BCUT2D eigenvalue weighted by molar-refractivity contribution is -0.112. The molecule has 1 amide bonds. The lowest BCUT2D eigenvalue weighted by Gasteiger charge is -2.06. The number of aryl methyl sites for hydroxylation is 1. The molecule has 0 fully saturated rings. The molecule has 0 aliphatic carbocycles. The maximum atomic E-state index is 11.2. The predicted octanol–water partition coefficient (Wildman–Crippen LogP) is 2.84. The number of benzene rings is 1. The van der Waals surface area contributed by atoms with Crippen LogP contribution in [-0.2, 0) is 4.79 Å². The van der Waals surface area contributed by atoms with E-state index in [4.69, 9.17) is 0 Å². The zero-order chi connectivity index (χ0) is 9.84. The summed E-state index contributed by atoms with van der Waals surface area (Å²) in [4.78, 5) is 11.2. The molecule has 3 heteroatoms. The van der Waals surface area contributed by atoms with Gasteiger partial charge in [-0.3, -0.25) is 4.79 Å². The highest BCUT2D eigenvalue weighted by atomic mass is 79.9. The lowest BCUT2D eigenvalue weighted by Crippen LogP contribution is -2.11. The molecule has 0 aliphatic rings. The SMILES string of the molecule is C=C(Br)C(=O)Nc1ccccc1C. The summed E-state index contributed by atoms with van der Waals surface area (Å²) in [6.45, 7) is 5.42. The summed E-state index contributed by atoms with van der Waals surface area (Å²) in [6.07, 6.45) is 0. The van der Waals surface area contributed by atoms with Crippen molar-refractivity contribution in [2.24, 2.45) is 0 Å². The minimum atomic E-state index is -0.214. The fourth-order valence-electron chi connectivity index (χ4n) is 0.903. The van der Waals surface area contributed by atoms with Gasteiger partial charge in [-0.2, -0.15) is 0 Å². The van der Waals surface area contributed by atoms with Crippen molar-refractivity contribution < 1.29 is 4.79 Å². The highest BCUT2D eigenvalue weighted by Crippen LogP contribution is 2.14. The second kappa shape index (κ2) is 4.23. The lowest BCUT2D eigenvalue weighted by atomic mass is 10.2. The number of amides is 1. The van der Waals surface area contributed by atoms with Gasteiger partial charge in [-0.25, -0.2) is 0 Å². The summed E-state index contributed by atoms with van der Waals surface area (Å²) in [6, 6.07) is 7.59. The van der Waals surface area contributed by atoms with Crippen LogP contribution in [0.1, 0.15) is 5.56 Å². The highest BCUT2D eigenvalue weighted by Gasteiger charge is 2.04. The van der Waals surface area contributed by atoms with Gasteiger partial charge in [-0.15, -0.1) is 0 Å². The predicted molar refractivity (Wildman–Crippen MR) is 57.9 cm³/mol. The molecular formula is C10H10BrNO. The van der Waals surface area contributed by atoms with Crippen LogP contribution in [0.2, 0.25) is 0 Å². The first-order valence-corrected chi connectivity index (χ1v) is 4.62. The van der Waals surface area contributed by atoms with Gasteiger partial charge in [0.1, 0.15) is 0 Å². The first-order chi connectivity index (χ1) is 6.11. The van der Waals surface area contributed by atoms with Crippen molar-refractivity contribution in [3.05, 3.63) is 40.9 Å². The topological polar surface area (TPSA) is 29.1 Å². The third kappa shape index (κ3) is 2.70. The minimum absolute atomic E-state index is 0.214. The van der Waals surface area contributed by atoms with Crippen LogP contribution in [0, 0.1) is 6.92 Å². The zero-order valence-electron chi connectivity index (χ0n) is 7.30. The minimum Gasteiger partial charge on any atom is -0.321 e. The molecule has 0 saturated heterocycles. The zero-order valence-corrected chi connectivity index (χ0v) is 8.89. The van der Waals surface area contributed by atoms with Crippen molar-refractivity contribution in [2.75, 3.05) is 5.32 Å². The number of anilines is 1. The summed E-state index contributed by atoms with van der Waals surface area (Å²) in [5, 5.41) is 2.72. The third-order valence-electron chi connectivity index (χ3n) is 1.64. The van der Waals surface area contributed by atoms with Gasteiger partial charge in [0.15, 0.2) is 0 Å². The Labute approximate surface area is 85.8 Å². The summed E-state index contributed by atoms with van der Waals surface area (Å²) in [7, 11) is 0. The van der Waals surface area contributed by atoms with Gasteiger partial charge in [0.05, 0.1) is 4.48 Å². The Morgan fingerprint density at radius 2 is 2.08 bits per heavy atom. The van der Waals surface area contributed by atoms with E-state index < -0.39 is 0 Å². The number of hydrogen-bond donors (Lipinski definition) is 1. The Morgan fingerprint density at radius 1 is 1.46 bits per heavy atom. The van der Waals surface area contributed by atoms with E-state index >= 15 is 0 Å². The smallest absolute Gasteiger partial charge is 0.262 e. The normalized spacial score (nSPS) is 9.38. The Hall–Kier alpha value is -1.09. The van der Waals surface area contributed by atoms with Crippen molar-refractivity contribution in [3.63, 3.8) is 0 Å². The standard InChI is InChI=1S/C10H10BrNO/c1-7-5-3-4-6-9(7)12-10(13)8(2)11/h3-6H,2H2,1H3,(H,12,13). The van der Waals surface area contributed by atoms with Crippen LogP contribution in [0.5, 0.6) is 0 Å². The van der Waals surface area contributed by atoms with Gasteiger partial charge in [-0.05, 0) is 34.5 Å². The van der Waals surface area contributed by atoms with E-state index in [1.54, 1.807) is 0 Å². The van der Waals surface area contributed by atoms with Gasteiger partial charge < -0.3 is 5.32 Å². The monoisotopic (exact) mass is 239 g/mol. The van der Waals surface area contributed by atoms with Crippen LogP contribution in [0.4, 0.5) is 5.69 Å². The maximum Gasteiger partial charge on any atom is 0.262 e. The number of hydrogen-bond acceptors (Lipinski definition) is 1. The number of carbonyl (C=O) groups is 1. The van der Waals surface area contributed by atoms with Crippen molar-refractivity contribution in [1.82, 2.24) is 0 Å². The molecule has 0 aliphatic heterocycles.